The number of rotatable bonds is 8. The van der Waals surface area contributed by atoms with Crippen molar-refractivity contribution in [2.45, 2.75) is 0 Å². The molecule has 2 N–H and O–H groups in total. The minimum absolute atomic E-state index is 0.0418. The Hall–Kier alpha value is -4.09. The molecule has 1 aliphatic heterocycles. The van der Waals surface area contributed by atoms with Crippen LogP contribution < -0.4 is 20.3 Å². The van der Waals surface area contributed by atoms with Crippen LogP contribution in [0.3, 0.4) is 0 Å². The predicted molar refractivity (Wildman–Crippen MR) is 146 cm³/mol. The molecule has 0 spiro atoms. The Balaban J connectivity index is 1.40. The maximum absolute atomic E-state index is 13.6. The van der Waals surface area contributed by atoms with Crippen LogP contribution in [0.15, 0.2) is 73.4 Å². The Morgan fingerprint density at radius 2 is 1.86 bits per heavy atom. The van der Waals surface area contributed by atoms with Gasteiger partial charge in [-0.25, -0.2) is 3.97 Å². The third-order valence-electron chi connectivity index (χ3n) is 6.04. The zero-order chi connectivity index (χ0) is 25.8. The van der Waals surface area contributed by atoms with Gasteiger partial charge in [0.15, 0.2) is 18.0 Å². The van der Waals surface area contributed by atoms with Crippen LogP contribution in [0.5, 0.6) is 11.6 Å². The second-order valence-corrected chi connectivity index (χ2v) is 9.12. The first-order valence-electron chi connectivity index (χ1n) is 11.7. The molecular weight excluding hydrogens is 493 g/mol. The molecule has 5 rings (SSSR count). The third-order valence-corrected chi connectivity index (χ3v) is 6.49. The van der Waals surface area contributed by atoms with Crippen molar-refractivity contribution in [2.75, 3.05) is 48.8 Å². The Labute approximate surface area is 218 Å². The molecule has 0 bridgehead atoms. The molecule has 0 unspecified atom stereocenters. The Morgan fingerprint density at radius 1 is 1.08 bits per heavy atom. The van der Waals surface area contributed by atoms with E-state index >= 15 is 0 Å². The molecule has 9 nitrogen and oxygen atoms in total. The van der Waals surface area contributed by atoms with Gasteiger partial charge in [0.25, 0.3) is 0 Å². The fraction of sp³-hybridized carbons (Fsp3) is 0.192. The maximum atomic E-state index is 13.6. The number of nitrogens with one attached hydrogen (secondary N) is 2. The number of hydrogen-bond acceptors (Lipinski definition) is 8. The van der Waals surface area contributed by atoms with E-state index in [0.717, 1.165) is 37.6 Å². The molecule has 1 fully saturated rings. The molecular formula is C26H26FN7O2S. The molecule has 37 heavy (non-hydrogen) atoms. The van der Waals surface area contributed by atoms with Gasteiger partial charge < -0.3 is 25.2 Å². The van der Waals surface area contributed by atoms with Crippen molar-refractivity contribution in [1.29, 1.82) is 0 Å². The highest BCUT2D eigenvalue weighted by molar-refractivity contribution is 7.92. The van der Waals surface area contributed by atoms with E-state index in [4.69, 9.17) is 4.74 Å². The number of likely N-dealkylation sites (N-methyl/N-ethyl adjacent to an activating group) is 1. The lowest BCUT2D eigenvalue weighted by Crippen LogP contribution is -2.44. The topological polar surface area (TPSA) is 87.5 Å². The zero-order valence-electron chi connectivity index (χ0n) is 20.2. The number of ether oxygens (including phenoxy) is 1. The van der Waals surface area contributed by atoms with Crippen molar-refractivity contribution < 1.29 is 13.4 Å². The summed E-state index contributed by atoms with van der Waals surface area (Å²) in [6.07, 6.45) is 2.75. The van der Waals surface area contributed by atoms with Crippen LogP contribution in [-0.2, 0) is 4.79 Å². The molecule has 1 amide bonds. The molecule has 4 aromatic rings. The smallest absolute Gasteiger partial charge is 0.247 e. The Morgan fingerprint density at radius 3 is 2.59 bits per heavy atom. The van der Waals surface area contributed by atoms with Crippen molar-refractivity contribution in [3.05, 3.63) is 73.4 Å². The minimum atomic E-state index is -0.330. The molecule has 2 aromatic carbocycles. The van der Waals surface area contributed by atoms with Crippen LogP contribution in [0.4, 0.5) is 26.9 Å². The fourth-order valence-electron chi connectivity index (χ4n) is 4.05. The number of nitrogens with zero attached hydrogens (tertiary/aromatic N) is 5. The van der Waals surface area contributed by atoms with Gasteiger partial charge in [0.2, 0.25) is 17.7 Å². The molecule has 0 radical (unpaired) electrons. The average Bonchev–Trinajstić information content (AvgIpc) is 3.33. The molecule has 190 valence electrons. The van der Waals surface area contributed by atoms with E-state index < -0.39 is 0 Å². The van der Waals surface area contributed by atoms with Crippen molar-refractivity contribution in [3.63, 3.8) is 0 Å². The number of fused-ring (bicyclic) bond motifs is 1. The summed E-state index contributed by atoms with van der Waals surface area (Å²) >= 11 is 0.0418. The number of piperazine rings is 1. The lowest BCUT2D eigenvalue weighted by molar-refractivity contribution is -0.111. The van der Waals surface area contributed by atoms with E-state index in [-0.39, 0.29) is 30.1 Å². The molecule has 2 aromatic heterocycles. The third kappa shape index (κ3) is 5.68. The number of aromatic nitrogens is 3. The number of halogens is 1. The summed E-state index contributed by atoms with van der Waals surface area (Å²) < 4.78 is 20.9. The van der Waals surface area contributed by atoms with E-state index in [2.05, 4.69) is 56.2 Å². The summed E-state index contributed by atoms with van der Waals surface area (Å²) in [5.74, 6) is 0.635. The van der Waals surface area contributed by atoms with Gasteiger partial charge in [0, 0.05) is 55.5 Å². The van der Waals surface area contributed by atoms with Crippen LogP contribution in [0.2, 0.25) is 0 Å². The van der Waals surface area contributed by atoms with Crippen LogP contribution >= 0.6 is 12.3 Å². The Bertz CT molecular complexity index is 1420. The van der Waals surface area contributed by atoms with Gasteiger partial charge in [-0.1, -0.05) is 12.6 Å². The summed E-state index contributed by atoms with van der Waals surface area (Å²) in [5, 5.41) is 6.44. The first kappa shape index (κ1) is 24.6. The van der Waals surface area contributed by atoms with E-state index in [0.29, 0.717) is 22.5 Å². The lowest BCUT2D eigenvalue weighted by atomic mass is 10.2. The summed E-state index contributed by atoms with van der Waals surface area (Å²) in [4.78, 5) is 25.4. The number of amides is 1. The second kappa shape index (κ2) is 10.9. The van der Waals surface area contributed by atoms with Gasteiger partial charge >= 0.3 is 0 Å². The zero-order valence-corrected chi connectivity index (χ0v) is 21.0. The highest BCUT2D eigenvalue weighted by Crippen LogP contribution is 2.33. The molecule has 1 saturated heterocycles. The average molecular weight is 520 g/mol. The number of hydrogen-bond donors (Lipinski definition) is 2. The second-order valence-electron chi connectivity index (χ2n) is 8.59. The monoisotopic (exact) mass is 519 g/mol. The van der Waals surface area contributed by atoms with Crippen molar-refractivity contribution in [1.82, 2.24) is 18.8 Å². The largest absolute Gasteiger partial charge is 0.438 e. The number of anilines is 4. The van der Waals surface area contributed by atoms with Crippen LogP contribution in [0, 0.1) is 0 Å². The fourth-order valence-corrected chi connectivity index (χ4v) is 4.36. The highest BCUT2D eigenvalue weighted by atomic mass is 32.2. The maximum Gasteiger partial charge on any atom is 0.247 e. The normalized spacial score (nSPS) is 13.9. The van der Waals surface area contributed by atoms with Crippen LogP contribution in [0.25, 0.3) is 11.0 Å². The molecule has 0 aliphatic carbocycles. The molecule has 0 saturated carbocycles. The van der Waals surface area contributed by atoms with Gasteiger partial charge in [-0.05, 0) is 55.6 Å². The molecule has 1 aliphatic rings. The van der Waals surface area contributed by atoms with Crippen molar-refractivity contribution in [3.8, 4) is 11.6 Å². The first-order valence-corrected chi connectivity index (χ1v) is 12.4. The number of carbonyl (C=O) groups is 1. The van der Waals surface area contributed by atoms with E-state index in [9.17, 15) is 8.68 Å². The van der Waals surface area contributed by atoms with E-state index in [1.807, 2.05) is 12.1 Å². The minimum Gasteiger partial charge on any atom is -0.438 e. The van der Waals surface area contributed by atoms with Gasteiger partial charge in [-0.2, -0.15) is 9.97 Å². The van der Waals surface area contributed by atoms with Crippen molar-refractivity contribution in [2.24, 2.45) is 0 Å². The molecule has 0 atom stereocenters. The van der Waals surface area contributed by atoms with Gasteiger partial charge in [0.1, 0.15) is 5.75 Å². The molecule has 3 heterocycles. The lowest BCUT2D eigenvalue weighted by Gasteiger charge is -2.34. The number of carbonyl (C=O) groups excluding carboxylic acids is 1. The summed E-state index contributed by atoms with van der Waals surface area (Å²) in [7, 11) is 2.13. The highest BCUT2D eigenvalue weighted by Gasteiger charge is 2.16. The molecule has 11 heteroatoms. The van der Waals surface area contributed by atoms with Gasteiger partial charge in [-0.15, -0.1) is 3.89 Å². The van der Waals surface area contributed by atoms with Crippen LogP contribution in [0.1, 0.15) is 0 Å². The quantitative estimate of drug-likeness (QED) is 0.306. The first-order chi connectivity index (χ1) is 18.0. The van der Waals surface area contributed by atoms with E-state index in [1.54, 1.807) is 36.5 Å². The Kier molecular flexibility index (Phi) is 7.24. The van der Waals surface area contributed by atoms with Gasteiger partial charge in [-0.3, -0.25) is 4.79 Å². The SMILES string of the molecule is C=CC(=O)Nc1cccc(Oc2nc(Nc3ccc(N4CCN(C)CC4)cc3)nc3c2ccn3SF)c1. The van der Waals surface area contributed by atoms with Gasteiger partial charge in [0.05, 0.1) is 5.39 Å². The summed E-state index contributed by atoms with van der Waals surface area (Å²) in [6.45, 7) is 7.50. The predicted octanol–water partition coefficient (Wildman–Crippen LogP) is 5.22. The summed E-state index contributed by atoms with van der Waals surface area (Å²) in [5.41, 5.74) is 2.86. The number of benzene rings is 2. The van der Waals surface area contributed by atoms with Crippen molar-refractivity contribution >= 4 is 52.3 Å². The van der Waals surface area contributed by atoms with Crippen LogP contribution in [-0.4, -0.2) is 58.0 Å². The summed E-state index contributed by atoms with van der Waals surface area (Å²) in [6, 6.07) is 16.6. The standard InChI is InChI=1S/C26H26FN7O2S/c1-3-23(35)28-19-5-4-6-21(17-19)36-25-22-11-12-34(37-27)24(22)30-26(31-25)29-18-7-9-20(10-8-18)33-15-13-32(2)14-16-33/h3-12,17H,1,13-16H2,2H3,(H,28,35)(H,29,30,31). The van der Waals surface area contributed by atoms with E-state index in [1.165, 1.54) is 10.0 Å².